The maximum absolute atomic E-state index is 2.24. The summed E-state index contributed by atoms with van der Waals surface area (Å²) in [6, 6.07) is 14.9. The molecule has 0 N–H and O–H groups in total. The highest BCUT2D eigenvalue weighted by Gasteiger charge is 2.16. The van der Waals surface area contributed by atoms with E-state index < -0.39 is 0 Å². The Bertz CT molecular complexity index is 625. The molecule has 1 heterocycles. The molecule has 2 nitrogen and oxygen atoms in total. The summed E-state index contributed by atoms with van der Waals surface area (Å²) in [5.41, 5.74) is 1.27. The molecule has 0 spiro atoms. The minimum absolute atomic E-state index is 0.305. The summed E-state index contributed by atoms with van der Waals surface area (Å²) in [6.45, 7) is 0. The lowest BCUT2D eigenvalue weighted by Gasteiger charge is -2.24. The Kier molecular flexibility index (Phi) is 3.00. The molecule has 1 aliphatic rings. The summed E-state index contributed by atoms with van der Waals surface area (Å²) in [7, 11) is 4.19. The molecule has 19 heavy (non-hydrogen) atoms. The van der Waals surface area contributed by atoms with Gasteiger partial charge in [0.1, 0.15) is 6.17 Å². The Hall–Kier alpha value is -2.22. The van der Waals surface area contributed by atoms with Crippen LogP contribution in [0.4, 0.5) is 0 Å². The molecule has 3 rings (SSSR count). The molecule has 0 saturated heterocycles. The first-order valence-electron chi connectivity index (χ1n) is 6.54. The predicted octanol–water partition coefficient (Wildman–Crippen LogP) is 3.53. The van der Waals surface area contributed by atoms with Crippen molar-refractivity contribution in [1.29, 1.82) is 0 Å². The van der Waals surface area contributed by atoms with Crippen molar-refractivity contribution in [2.75, 3.05) is 14.1 Å². The van der Waals surface area contributed by atoms with Gasteiger partial charge in [0.25, 0.3) is 0 Å². The Balaban J connectivity index is 1.93. The molecule has 0 bridgehead atoms. The molecule has 2 aromatic rings. The topological polar surface area (TPSA) is 6.48 Å². The fourth-order valence-electron chi connectivity index (χ4n) is 2.53. The van der Waals surface area contributed by atoms with Gasteiger partial charge in [0, 0.05) is 26.5 Å². The fraction of sp³-hybridized carbons (Fsp3) is 0.176. The molecule has 0 atom stereocenters. The van der Waals surface area contributed by atoms with Gasteiger partial charge in [-0.3, -0.25) is 0 Å². The summed E-state index contributed by atoms with van der Waals surface area (Å²) in [6.07, 6.45) is 8.95. The number of benzene rings is 2. The molecule has 0 aliphatic carbocycles. The van der Waals surface area contributed by atoms with Crippen molar-refractivity contribution in [3.63, 3.8) is 0 Å². The second-order valence-corrected chi connectivity index (χ2v) is 4.97. The van der Waals surface area contributed by atoms with Gasteiger partial charge in [-0.2, -0.15) is 0 Å². The minimum Gasteiger partial charge on any atom is -0.356 e. The van der Waals surface area contributed by atoms with E-state index in [1.165, 1.54) is 16.3 Å². The lowest BCUT2D eigenvalue weighted by atomic mass is 10.0. The van der Waals surface area contributed by atoms with Crippen molar-refractivity contribution in [2.24, 2.45) is 0 Å². The van der Waals surface area contributed by atoms with Crippen LogP contribution < -0.4 is 0 Å². The van der Waals surface area contributed by atoms with Crippen molar-refractivity contribution in [2.45, 2.75) is 6.17 Å². The number of hydrogen-bond donors (Lipinski definition) is 0. The summed E-state index contributed by atoms with van der Waals surface area (Å²) < 4.78 is 0. The van der Waals surface area contributed by atoms with E-state index in [-0.39, 0.29) is 0 Å². The van der Waals surface area contributed by atoms with E-state index in [9.17, 15) is 0 Å². The van der Waals surface area contributed by atoms with E-state index in [0.717, 1.165) is 0 Å². The van der Waals surface area contributed by atoms with Crippen LogP contribution in [-0.2, 0) is 0 Å². The fourth-order valence-corrected chi connectivity index (χ4v) is 2.53. The van der Waals surface area contributed by atoms with Gasteiger partial charge in [0.05, 0.1) is 0 Å². The highest BCUT2D eigenvalue weighted by molar-refractivity contribution is 5.90. The normalized spacial score (nSPS) is 16.1. The molecule has 2 aromatic carbocycles. The molecule has 1 aliphatic heterocycles. The van der Waals surface area contributed by atoms with Gasteiger partial charge in [0.15, 0.2) is 0 Å². The molecule has 96 valence electrons. The van der Waals surface area contributed by atoms with E-state index in [4.69, 9.17) is 0 Å². The van der Waals surface area contributed by atoms with Crippen molar-refractivity contribution >= 4 is 16.8 Å². The summed E-state index contributed by atoms with van der Waals surface area (Å²) >= 11 is 0. The first kappa shape index (κ1) is 11.8. The van der Waals surface area contributed by atoms with Crippen LogP contribution in [0.3, 0.4) is 0 Å². The number of fused-ring (bicyclic) bond motifs is 1. The third-order valence-corrected chi connectivity index (χ3v) is 3.64. The Morgan fingerprint density at radius 2 is 1.58 bits per heavy atom. The van der Waals surface area contributed by atoms with Crippen molar-refractivity contribution < 1.29 is 0 Å². The third kappa shape index (κ3) is 2.22. The average molecular weight is 250 g/mol. The first-order chi connectivity index (χ1) is 9.25. The second-order valence-electron chi connectivity index (χ2n) is 4.97. The summed E-state index contributed by atoms with van der Waals surface area (Å²) in [5, 5.41) is 2.59. The van der Waals surface area contributed by atoms with Crippen LogP contribution >= 0.6 is 0 Å². The van der Waals surface area contributed by atoms with E-state index in [2.05, 4.69) is 90.9 Å². The highest BCUT2D eigenvalue weighted by Crippen LogP contribution is 2.21. The highest BCUT2D eigenvalue weighted by atomic mass is 15.4. The monoisotopic (exact) mass is 250 g/mol. The SMILES string of the molecule is CN1C=CN(C)C1/C=C/c1cccc2ccccc12. The third-order valence-electron chi connectivity index (χ3n) is 3.64. The molecule has 2 heteroatoms. The molecule has 0 unspecified atom stereocenters. The number of rotatable bonds is 2. The number of hydrogen-bond acceptors (Lipinski definition) is 2. The average Bonchev–Trinajstić information content (AvgIpc) is 2.76. The van der Waals surface area contributed by atoms with Gasteiger partial charge < -0.3 is 9.80 Å². The van der Waals surface area contributed by atoms with Gasteiger partial charge in [0.2, 0.25) is 0 Å². The quantitative estimate of drug-likeness (QED) is 0.804. The molecule has 0 saturated carbocycles. The van der Waals surface area contributed by atoms with Crippen molar-refractivity contribution in [1.82, 2.24) is 9.80 Å². The van der Waals surface area contributed by atoms with E-state index in [0.29, 0.717) is 6.17 Å². The van der Waals surface area contributed by atoms with Gasteiger partial charge in [-0.25, -0.2) is 0 Å². The largest absolute Gasteiger partial charge is 0.356 e. The lowest BCUT2D eigenvalue weighted by Crippen LogP contribution is -2.31. The molecular formula is C17H18N2. The number of likely N-dealkylation sites (N-methyl/N-ethyl adjacent to an activating group) is 2. The van der Waals surface area contributed by atoms with Crippen LogP contribution in [0, 0.1) is 0 Å². The molecule has 0 amide bonds. The van der Waals surface area contributed by atoms with Gasteiger partial charge in [-0.15, -0.1) is 0 Å². The minimum atomic E-state index is 0.305. The zero-order chi connectivity index (χ0) is 13.2. The maximum atomic E-state index is 2.24. The molecule has 0 aromatic heterocycles. The van der Waals surface area contributed by atoms with Gasteiger partial charge >= 0.3 is 0 Å². The standard InChI is InChI=1S/C17H18N2/c1-18-12-13-19(2)17(18)11-10-15-8-5-7-14-6-3-4-9-16(14)15/h3-13,17H,1-2H3/b11-10+. The second kappa shape index (κ2) is 4.81. The van der Waals surface area contributed by atoms with E-state index in [1.54, 1.807) is 0 Å². The summed E-state index contributed by atoms with van der Waals surface area (Å²) in [5.74, 6) is 0. The summed E-state index contributed by atoms with van der Waals surface area (Å²) in [4.78, 5) is 4.39. The van der Waals surface area contributed by atoms with E-state index >= 15 is 0 Å². The van der Waals surface area contributed by atoms with E-state index in [1.807, 2.05) is 0 Å². The van der Waals surface area contributed by atoms with Crippen LogP contribution in [0.15, 0.2) is 60.9 Å². The van der Waals surface area contributed by atoms with Crippen molar-refractivity contribution in [3.8, 4) is 0 Å². The Morgan fingerprint density at radius 3 is 2.37 bits per heavy atom. The van der Waals surface area contributed by atoms with Crippen LogP contribution in [0.25, 0.3) is 16.8 Å². The smallest absolute Gasteiger partial charge is 0.120 e. The zero-order valence-electron chi connectivity index (χ0n) is 11.3. The Morgan fingerprint density at radius 1 is 0.895 bits per heavy atom. The number of nitrogens with zero attached hydrogens (tertiary/aromatic N) is 2. The van der Waals surface area contributed by atoms with Crippen LogP contribution in [0.1, 0.15) is 5.56 Å². The predicted molar refractivity (Wildman–Crippen MR) is 81.4 cm³/mol. The van der Waals surface area contributed by atoms with Crippen LogP contribution in [0.5, 0.6) is 0 Å². The maximum Gasteiger partial charge on any atom is 0.120 e. The van der Waals surface area contributed by atoms with Crippen LogP contribution in [0.2, 0.25) is 0 Å². The molecule has 0 radical (unpaired) electrons. The lowest BCUT2D eigenvalue weighted by molar-refractivity contribution is 0.258. The Labute approximate surface area is 114 Å². The first-order valence-corrected chi connectivity index (χ1v) is 6.54. The molecular weight excluding hydrogens is 232 g/mol. The van der Waals surface area contributed by atoms with Crippen LogP contribution in [-0.4, -0.2) is 30.1 Å². The van der Waals surface area contributed by atoms with Gasteiger partial charge in [-0.05, 0) is 22.4 Å². The zero-order valence-corrected chi connectivity index (χ0v) is 11.3. The van der Waals surface area contributed by atoms with Crippen molar-refractivity contribution in [3.05, 3.63) is 66.5 Å². The molecule has 0 fully saturated rings. The van der Waals surface area contributed by atoms with Gasteiger partial charge in [-0.1, -0.05) is 48.5 Å².